The molecule has 0 aliphatic carbocycles. The zero-order chi connectivity index (χ0) is 16.5. The van der Waals surface area contributed by atoms with Gasteiger partial charge in [-0.3, -0.25) is 0 Å². The van der Waals surface area contributed by atoms with Crippen molar-refractivity contribution in [2.75, 3.05) is 19.0 Å². The smallest absolute Gasteiger partial charge is 0.319 e. The van der Waals surface area contributed by atoms with Gasteiger partial charge in [-0.25, -0.2) is 9.78 Å². The quantitative estimate of drug-likeness (QED) is 0.733. The van der Waals surface area contributed by atoms with Gasteiger partial charge in [0.15, 0.2) is 0 Å². The van der Waals surface area contributed by atoms with E-state index in [0.717, 1.165) is 5.56 Å². The third-order valence-corrected chi connectivity index (χ3v) is 3.37. The van der Waals surface area contributed by atoms with Crippen LogP contribution in [0.25, 0.3) is 0 Å². The number of aliphatic hydroxyl groups excluding tert-OH is 1. The lowest BCUT2D eigenvalue weighted by Crippen LogP contribution is -2.33. The van der Waals surface area contributed by atoms with Gasteiger partial charge < -0.3 is 20.5 Å². The maximum atomic E-state index is 12.3. The van der Waals surface area contributed by atoms with E-state index in [-0.39, 0.29) is 18.7 Å². The average molecular weight is 315 g/mol. The van der Waals surface area contributed by atoms with Crippen LogP contribution in [0.1, 0.15) is 24.4 Å². The van der Waals surface area contributed by atoms with Crippen LogP contribution in [0.3, 0.4) is 0 Å². The molecule has 0 bridgehead atoms. The lowest BCUT2D eigenvalue weighted by molar-refractivity contribution is 0.243. The molecule has 0 radical (unpaired) electrons. The molecule has 6 heteroatoms. The summed E-state index contributed by atoms with van der Waals surface area (Å²) in [5, 5.41) is 14.7. The number of rotatable bonds is 7. The molecular formula is C17H21N3O3. The van der Waals surface area contributed by atoms with E-state index in [1.54, 1.807) is 18.3 Å². The number of nitrogens with one attached hydrogen (secondary N) is 2. The molecule has 0 aliphatic heterocycles. The number of carbonyl (C=O) groups excluding carboxylic acids is 1. The van der Waals surface area contributed by atoms with Crippen LogP contribution in [-0.2, 0) is 0 Å². The van der Waals surface area contributed by atoms with Gasteiger partial charge in [-0.15, -0.1) is 0 Å². The zero-order valence-electron chi connectivity index (χ0n) is 13.0. The number of hydrogen-bond acceptors (Lipinski definition) is 4. The van der Waals surface area contributed by atoms with Crippen molar-refractivity contribution in [3.63, 3.8) is 0 Å². The first kappa shape index (κ1) is 16.8. The Morgan fingerprint density at radius 3 is 2.74 bits per heavy atom. The van der Waals surface area contributed by atoms with Crippen LogP contribution >= 0.6 is 0 Å². The fraction of sp³-hybridized carbons (Fsp3) is 0.294. The highest BCUT2D eigenvalue weighted by atomic mass is 16.5. The standard InChI is InChI=1S/C17H21N3O3/c1-23-16-15(9-5-11-18-16)20-17(22)19-14(10-6-12-21)13-7-3-2-4-8-13/h2-5,7-9,11,14,21H,6,10,12H2,1H3,(H2,19,20,22)/t14-/m1/s1. The van der Waals surface area contributed by atoms with E-state index in [2.05, 4.69) is 15.6 Å². The summed E-state index contributed by atoms with van der Waals surface area (Å²) in [6.07, 6.45) is 2.85. The highest BCUT2D eigenvalue weighted by Crippen LogP contribution is 2.21. The third kappa shape index (κ3) is 4.96. The Hall–Kier alpha value is -2.60. The Bertz CT molecular complexity index is 619. The molecule has 6 nitrogen and oxygen atoms in total. The minimum atomic E-state index is -0.344. The lowest BCUT2D eigenvalue weighted by Gasteiger charge is -2.19. The Morgan fingerprint density at radius 1 is 1.26 bits per heavy atom. The van der Waals surface area contributed by atoms with Gasteiger partial charge in [-0.1, -0.05) is 30.3 Å². The maximum Gasteiger partial charge on any atom is 0.319 e. The topological polar surface area (TPSA) is 83.5 Å². The molecule has 2 aromatic rings. The number of anilines is 1. The van der Waals surface area contributed by atoms with E-state index >= 15 is 0 Å². The molecule has 0 spiro atoms. The summed E-state index contributed by atoms with van der Waals surface area (Å²) in [5.41, 5.74) is 1.50. The van der Waals surface area contributed by atoms with Crippen LogP contribution < -0.4 is 15.4 Å². The molecule has 0 fully saturated rings. The van der Waals surface area contributed by atoms with Gasteiger partial charge >= 0.3 is 6.03 Å². The Kier molecular flexibility index (Phi) is 6.38. The first-order valence-corrected chi connectivity index (χ1v) is 7.47. The van der Waals surface area contributed by atoms with Crippen molar-refractivity contribution in [2.24, 2.45) is 0 Å². The normalized spacial score (nSPS) is 11.6. The van der Waals surface area contributed by atoms with E-state index in [0.29, 0.717) is 24.4 Å². The van der Waals surface area contributed by atoms with Crippen molar-refractivity contribution in [3.8, 4) is 5.88 Å². The van der Waals surface area contributed by atoms with Crippen LogP contribution in [0.4, 0.5) is 10.5 Å². The second-order valence-electron chi connectivity index (χ2n) is 4.99. The number of benzene rings is 1. The minimum Gasteiger partial charge on any atom is -0.480 e. The molecule has 2 amide bonds. The van der Waals surface area contributed by atoms with Crippen LogP contribution in [0, 0.1) is 0 Å². The second-order valence-corrected chi connectivity index (χ2v) is 4.99. The number of carbonyl (C=O) groups is 1. The number of amides is 2. The number of hydrogen-bond donors (Lipinski definition) is 3. The molecule has 0 aliphatic rings. The Morgan fingerprint density at radius 2 is 2.04 bits per heavy atom. The highest BCUT2D eigenvalue weighted by Gasteiger charge is 2.15. The molecule has 2 rings (SSSR count). The predicted molar refractivity (Wildman–Crippen MR) is 88.4 cm³/mol. The zero-order valence-corrected chi connectivity index (χ0v) is 13.0. The summed E-state index contributed by atoms with van der Waals surface area (Å²) >= 11 is 0. The SMILES string of the molecule is COc1ncccc1NC(=O)N[C@H](CCCO)c1ccccc1. The summed E-state index contributed by atoms with van der Waals surface area (Å²) < 4.78 is 5.11. The van der Waals surface area contributed by atoms with Gasteiger partial charge in [-0.05, 0) is 30.5 Å². The molecular weight excluding hydrogens is 294 g/mol. The molecule has 1 aromatic heterocycles. The molecule has 0 saturated heterocycles. The monoisotopic (exact) mass is 315 g/mol. The fourth-order valence-electron chi connectivity index (χ4n) is 2.27. The molecule has 0 unspecified atom stereocenters. The van der Waals surface area contributed by atoms with E-state index < -0.39 is 0 Å². The minimum absolute atomic E-state index is 0.0864. The van der Waals surface area contributed by atoms with E-state index in [1.165, 1.54) is 7.11 Å². The van der Waals surface area contributed by atoms with Gasteiger partial charge in [0.25, 0.3) is 0 Å². The molecule has 1 atom stereocenters. The first-order chi connectivity index (χ1) is 11.2. The van der Waals surface area contributed by atoms with E-state index in [1.807, 2.05) is 30.3 Å². The van der Waals surface area contributed by atoms with Crippen molar-refractivity contribution >= 4 is 11.7 Å². The van der Waals surface area contributed by atoms with Gasteiger partial charge in [0.2, 0.25) is 5.88 Å². The third-order valence-electron chi connectivity index (χ3n) is 3.37. The van der Waals surface area contributed by atoms with Crippen molar-refractivity contribution in [3.05, 3.63) is 54.2 Å². The van der Waals surface area contributed by atoms with Crippen molar-refractivity contribution in [2.45, 2.75) is 18.9 Å². The summed E-state index contributed by atoms with van der Waals surface area (Å²) in [5.74, 6) is 0.356. The lowest BCUT2D eigenvalue weighted by atomic mass is 10.0. The predicted octanol–water partition coefficient (Wildman–Crippen LogP) is 2.73. The molecule has 0 saturated carbocycles. The largest absolute Gasteiger partial charge is 0.480 e. The van der Waals surface area contributed by atoms with Crippen molar-refractivity contribution in [1.82, 2.24) is 10.3 Å². The second kappa shape index (κ2) is 8.75. The van der Waals surface area contributed by atoms with E-state index in [9.17, 15) is 4.79 Å². The number of methoxy groups -OCH3 is 1. The number of nitrogens with zero attached hydrogens (tertiary/aromatic N) is 1. The fourth-order valence-corrected chi connectivity index (χ4v) is 2.27. The first-order valence-electron chi connectivity index (χ1n) is 7.47. The summed E-state index contributed by atoms with van der Waals surface area (Å²) in [4.78, 5) is 16.3. The summed E-state index contributed by atoms with van der Waals surface area (Å²) in [6, 6.07) is 12.6. The van der Waals surface area contributed by atoms with Gasteiger partial charge in [0.05, 0.1) is 13.2 Å². The molecule has 1 aromatic carbocycles. The number of pyridine rings is 1. The summed E-state index contributed by atoms with van der Waals surface area (Å²) in [6.45, 7) is 0.0864. The number of aromatic nitrogens is 1. The van der Waals surface area contributed by atoms with Crippen LogP contribution in [0.2, 0.25) is 0 Å². The number of ether oxygens (including phenoxy) is 1. The molecule has 1 heterocycles. The van der Waals surface area contributed by atoms with Crippen LogP contribution in [-0.4, -0.2) is 29.8 Å². The maximum absolute atomic E-state index is 12.3. The van der Waals surface area contributed by atoms with Crippen LogP contribution in [0.5, 0.6) is 5.88 Å². The summed E-state index contributed by atoms with van der Waals surface area (Å²) in [7, 11) is 1.50. The van der Waals surface area contributed by atoms with Gasteiger partial charge in [0.1, 0.15) is 5.69 Å². The van der Waals surface area contributed by atoms with Crippen LogP contribution in [0.15, 0.2) is 48.7 Å². The van der Waals surface area contributed by atoms with Crippen molar-refractivity contribution in [1.29, 1.82) is 0 Å². The Labute approximate surface area is 135 Å². The molecule has 23 heavy (non-hydrogen) atoms. The molecule has 3 N–H and O–H groups in total. The van der Waals surface area contributed by atoms with Crippen molar-refractivity contribution < 1.29 is 14.6 Å². The van der Waals surface area contributed by atoms with Gasteiger partial charge in [-0.2, -0.15) is 0 Å². The van der Waals surface area contributed by atoms with E-state index in [4.69, 9.17) is 9.84 Å². The average Bonchev–Trinajstić information content (AvgIpc) is 2.59. The molecule has 122 valence electrons. The highest BCUT2D eigenvalue weighted by molar-refractivity contribution is 5.90. The number of aliphatic hydroxyl groups is 1. The number of urea groups is 1. The Balaban J connectivity index is 2.05. The van der Waals surface area contributed by atoms with Gasteiger partial charge in [0, 0.05) is 12.8 Å².